The van der Waals surface area contributed by atoms with Gasteiger partial charge in [0.1, 0.15) is 10.3 Å². The van der Waals surface area contributed by atoms with E-state index < -0.39 is 0 Å². The monoisotopic (exact) mass is 286 g/mol. The third-order valence-electron chi connectivity index (χ3n) is 2.22. The van der Waals surface area contributed by atoms with Gasteiger partial charge >= 0.3 is 0 Å². The molecule has 0 unspecified atom stereocenters. The largest absolute Gasteiger partial charge is 0.310 e. The summed E-state index contributed by atoms with van der Waals surface area (Å²) in [5.41, 5.74) is 0.612. The number of hydrogen-bond donors (Lipinski definition) is 1. The summed E-state index contributed by atoms with van der Waals surface area (Å²) in [5, 5.41) is 0. The second-order valence-corrected chi connectivity index (χ2v) is 6.32. The standard InChI is InChI=1S/C12H19BrN2O/c1-7(2)6-8-14-10(12(3,4)5)9(13)11(16)15-8/h7H,6H2,1-5H3,(H,14,15,16). The molecular formula is C12H19BrN2O. The van der Waals surface area contributed by atoms with Crippen molar-refractivity contribution < 1.29 is 0 Å². The van der Waals surface area contributed by atoms with Crippen molar-refractivity contribution in [2.45, 2.75) is 46.5 Å². The van der Waals surface area contributed by atoms with Gasteiger partial charge in [-0.05, 0) is 21.8 Å². The highest BCUT2D eigenvalue weighted by Gasteiger charge is 2.22. The van der Waals surface area contributed by atoms with Gasteiger partial charge in [-0.25, -0.2) is 4.98 Å². The Hall–Kier alpha value is -0.640. The molecule has 0 spiro atoms. The molecule has 1 N–H and O–H groups in total. The van der Waals surface area contributed by atoms with Gasteiger partial charge < -0.3 is 4.98 Å². The highest BCUT2D eigenvalue weighted by Crippen LogP contribution is 2.25. The highest BCUT2D eigenvalue weighted by atomic mass is 79.9. The minimum absolute atomic E-state index is 0.0874. The summed E-state index contributed by atoms with van der Waals surface area (Å²) in [6.45, 7) is 10.4. The van der Waals surface area contributed by atoms with Gasteiger partial charge in [0.15, 0.2) is 0 Å². The van der Waals surface area contributed by atoms with E-state index in [2.05, 4.69) is 60.5 Å². The zero-order chi connectivity index (χ0) is 12.5. The molecule has 16 heavy (non-hydrogen) atoms. The molecule has 0 fully saturated rings. The summed E-state index contributed by atoms with van der Waals surface area (Å²) in [4.78, 5) is 19.1. The van der Waals surface area contributed by atoms with Gasteiger partial charge in [0, 0.05) is 11.8 Å². The highest BCUT2D eigenvalue weighted by molar-refractivity contribution is 9.10. The first-order valence-corrected chi connectivity index (χ1v) is 6.30. The molecule has 0 saturated carbocycles. The van der Waals surface area contributed by atoms with E-state index >= 15 is 0 Å². The Morgan fingerprint density at radius 2 is 1.94 bits per heavy atom. The molecule has 0 aromatic carbocycles. The van der Waals surface area contributed by atoms with Crippen LogP contribution in [0.3, 0.4) is 0 Å². The number of halogens is 1. The molecule has 1 rings (SSSR count). The van der Waals surface area contributed by atoms with Crippen molar-refractivity contribution in [2.75, 3.05) is 0 Å². The number of nitrogens with zero attached hydrogens (tertiary/aromatic N) is 1. The predicted octanol–water partition coefficient (Wildman–Crippen LogP) is 3.03. The zero-order valence-corrected chi connectivity index (χ0v) is 12.1. The van der Waals surface area contributed by atoms with Crippen molar-refractivity contribution in [2.24, 2.45) is 5.92 Å². The first-order valence-electron chi connectivity index (χ1n) is 5.51. The Kier molecular flexibility index (Phi) is 3.94. The number of nitrogens with one attached hydrogen (secondary N) is 1. The number of aromatic nitrogens is 2. The first-order chi connectivity index (χ1) is 7.21. The Balaban J connectivity index is 3.28. The number of H-pyrrole nitrogens is 1. The quantitative estimate of drug-likeness (QED) is 0.908. The average molecular weight is 287 g/mol. The molecule has 0 radical (unpaired) electrons. The van der Waals surface area contributed by atoms with E-state index in [1.807, 2.05) is 0 Å². The lowest BCUT2D eigenvalue weighted by Gasteiger charge is -2.20. The van der Waals surface area contributed by atoms with Crippen LogP contribution in [0.5, 0.6) is 0 Å². The smallest absolute Gasteiger partial charge is 0.265 e. The van der Waals surface area contributed by atoms with E-state index in [9.17, 15) is 4.79 Å². The molecule has 90 valence electrons. The van der Waals surface area contributed by atoms with Gasteiger partial charge in [-0.3, -0.25) is 4.79 Å². The maximum Gasteiger partial charge on any atom is 0.265 e. The maximum atomic E-state index is 11.7. The van der Waals surface area contributed by atoms with Crippen LogP contribution in [0.4, 0.5) is 0 Å². The third-order valence-corrected chi connectivity index (χ3v) is 2.96. The van der Waals surface area contributed by atoms with Crippen molar-refractivity contribution in [3.63, 3.8) is 0 Å². The van der Waals surface area contributed by atoms with Crippen molar-refractivity contribution in [3.05, 3.63) is 26.3 Å². The summed E-state index contributed by atoms with van der Waals surface area (Å²) < 4.78 is 0.549. The van der Waals surface area contributed by atoms with Gasteiger partial charge in [0.25, 0.3) is 5.56 Å². The minimum Gasteiger partial charge on any atom is -0.310 e. The molecule has 1 aromatic heterocycles. The maximum absolute atomic E-state index is 11.7. The van der Waals surface area contributed by atoms with Crippen molar-refractivity contribution in [1.82, 2.24) is 9.97 Å². The van der Waals surface area contributed by atoms with Crippen LogP contribution < -0.4 is 5.56 Å². The Morgan fingerprint density at radius 1 is 1.38 bits per heavy atom. The van der Waals surface area contributed by atoms with Crippen molar-refractivity contribution in [3.8, 4) is 0 Å². The Labute approximate surface area is 105 Å². The van der Waals surface area contributed by atoms with E-state index in [1.54, 1.807) is 0 Å². The van der Waals surface area contributed by atoms with Crippen molar-refractivity contribution >= 4 is 15.9 Å². The number of hydrogen-bond acceptors (Lipinski definition) is 2. The lowest BCUT2D eigenvalue weighted by molar-refractivity contribution is 0.545. The normalized spacial score (nSPS) is 12.2. The molecule has 1 heterocycles. The van der Waals surface area contributed by atoms with Gasteiger partial charge in [-0.1, -0.05) is 34.6 Å². The second-order valence-electron chi connectivity index (χ2n) is 5.52. The molecule has 0 saturated heterocycles. The fourth-order valence-electron chi connectivity index (χ4n) is 1.49. The molecule has 1 aromatic rings. The van der Waals surface area contributed by atoms with Crippen LogP contribution in [0.15, 0.2) is 9.27 Å². The molecular weight excluding hydrogens is 268 g/mol. The summed E-state index contributed by atoms with van der Waals surface area (Å²) >= 11 is 3.31. The topological polar surface area (TPSA) is 45.8 Å². The average Bonchev–Trinajstić information content (AvgIpc) is 2.08. The third kappa shape index (κ3) is 3.17. The molecule has 0 aliphatic carbocycles. The van der Waals surface area contributed by atoms with E-state index in [0.29, 0.717) is 10.4 Å². The van der Waals surface area contributed by atoms with E-state index in [-0.39, 0.29) is 11.0 Å². The zero-order valence-electron chi connectivity index (χ0n) is 10.5. The predicted molar refractivity (Wildman–Crippen MR) is 69.8 cm³/mol. The molecule has 0 aliphatic rings. The van der Waals surface area contributed by atoms with E-state index in [0.717, 1.165) is 17.9 Å². The van der Waals surface area contributed by atoms with Crippen LogP contribution in [0.25, 0.3) is 0 Å². The summed E-state index contributed by atoms with van der Waals surface area (Å²) in [6, 6.07) is 0. The first kappa shape index (κ1) is 13.4. The number of aromatic amines is 1. The molecule has 4 heteroatoms. The lowest BCUT2D eigenvalue weighted by atomic mass is 9.92. The fraction of sp³-hybridized carbons (Fsp3) is 0.667. The van der Waals surface area contributed by atoms with Crippen LogP contribution in [0, 0.1) is 5.92 Å². The molecule has 0 amide bonds. The van der Waals surface area contributed by atoms with Crippen LogP contribution in [-0.2, 0) is 11.8 Å². The molecule has 0 bridgehead atoms. The van der Waals surface area contributed by atoms with Gasteiger partial charge in [0.05, 0.1) is 5.69 Å². The summed E-state index contributed by atoms with van der Waals surface area (Å²) in [5.74, 6) is 1.25. The molecule has 3 nitrogen and oxygen atoms in total. The van der Waals surface area contributed by atoms with E-state index in [1.165, 1.54) is 0 Å². The van der Waals surface area contributed by atoms with Crippen LogP contribution in [0.1, 0.15) is 46.1 Å². The van der Waals surface area contributed by atoms with Crippen molar-refractivity contribution in [1.29, 1.82) is 0 Å². The summed E-state index contributed by atoms with van der Waals surface area (Å²) in [6.07, 6.45) is 0.797. The van der Waals surface area contributed by atoms with Crippen LogP contribution in [-0.4, -0.2) is 9.97 Å². The van der Waals surface area contributed by atoms with Gasteiger partial charge in [0.2, 0.25) is 0 Å². The SMILES string of the molecule is CC(C)Cc1nc(C(C)(C)C)c(Br)c(=O)[nH]1. The number of rotatable bonds is 2. The Morgan fingerprint density at radius 3 is 2.38 bits per heavy atom. The Bertz CT molecular complexity index is 430. The minimum atomic E-state index is -0.126. The van der Waals surface area contributed by atoms with Gasteiger partial charge in [-0.2, -0.15) is 0 Å². The lowest BCUT2D eigenvalue weighted by Crippen LogP contribution is -2.24. The summed E-state index contributed by atoms with van der Waals surface area (Å²) in [7, 11) is 0. The molecule has 0 aliphatic heterocycles. The molecule has 0 atom stereocenters. The van der Waals surface area contributed by atoms with Crippen LogP contribution in [0.2, 0.25) is 0 Å². The van der Waals surface area contributed by atoms with E-state index in [4.69, 9.17) is 0 Å². The van der Waals surface area contributed by atoms with Gasteiger partial charge in [-0.15, -0.1) is 0 Å². The fourth-order valence-corrected chi connectivity index (χ4v) is 2.27. The van der Waals surface area contributed by atoms with Crippen LogP contribution >= 0.6 is 15.9 Å². The second kappa shape index (κ2) is 4.70.